The van der Waals surface area contributed by atoms with Crippen LogP contribution in [0.5, 0.6) is 0 Å². The summed E-state index contributed by atoms with van der Waals surface area (Å²) in [6.45, 7) is 5.47. The fourth-order valence-corrected chi connectivity index (χ4v) is 7.49. The molecule has 2 aliphatic rings. The Morgan fingerprint density at radius 1 is 0.765 bits per heavy atom. The van der Waals surface area contributed by atoms with Crippen molar-refractivity contribution >= 4 is 31.6 Å². The topological polar surface area (TPSA) is 104 Å². The van der Waals surface area contributed by atoms with Crippen molar-refractivity contribution in [3.63, 3.8) is 0 Å². The number of benzene rings is 2. The monoisotopic (exact) mass is 505 g/mol. The van der Waals surface area contributed by atoms with Crippen molar-refractivity contribution in [2.24, 2.45) is 5.92 Å². The number of sulfonamides is 2. The smallest absolute Gasteiger partial charge is 0.243 e. The number of hydrogen-bond donors (Lipinski definition) is 1. The Labute approximate surface area is 202 Å². The van der Waals surface area contributed by atoms with Gasteiger partial charge in [-0.15, -0.1) is 0 Å². The van der Waals surface area contributed by atoms with Gasteiger partial charge in [-0.2, -0.15) is 8.61 Å². The maximum absolute atomic E-state index is 13.0. The highest BCUT2D eigenvalue weighted by Crippen LogP contribution is 2.27. The summed E-state index contributed by atoms with van der Waals surface area (Å²) in [4.78, 5) is 13.3. The SMILES string of the molecule is Cc1ccc(S(=O)(=O)N2CCC(C(=O)Nc3ccc(S(=O)(=O)N4CCCC4)cc3)CC2)cc1C. The Bertz CT molecular complexity index is 1260. The molecule has 1 amide bonds. The fourth-order valence-electron chi connectivity index (χ4n) is 4.41. The van der Waals surface area contributed by atoms with Crippen LogP contribution in [0.4, 0.5) is 5.69 Å². The van der Waals surface area contributed by atoms with Gasteiger partial charge in [0.15, 0.2) is 0 Å². The van der Waals surface area contributed by atoms with Crippen molar-refractivity contribution < 1.29 is 21.6 Å². The van der Waals surface area contributed by atoms with Crippen LogP contribution in [-0.2, 0) is 24.8 Å². The molecule has 4 rings (SSSR count). The molecule has 0 saturated carbocycles. The number of nitrogens with zero attached hydrogens (tertiary/aromatic N) is 2. The van der Waals surface area contributed by atoms with Crippen molar-refractivity contribution in [2.75, 3.05) is 31.5 Å². The predicted molar refractivity (Wildman–Crippen MR) is 130 cm³/mol. The third-order valence-corrected chi connectivity index (χ3v) is 10.6. The molecular weight excluding hydrogens is 474 g/mol. The molecule has 34 heavy (non-hydrogen) atoms. The van der Waals surface area contributed by atoms with Gasteiger partial charge in [0.1, 0.15) is 0 Å². The molecule has 184 valence electrons. The highest BCUT2D eigenvalue weighted by atomic mass is 32.2. The summed E-state index contributed by atoms with van der Waals surface area (Å²) in [6.07, 6.45) is 2.60. The van der Waals surface area contributed by atoms with E-state index in [1.807, 2.05) is 19.9 Å². The van der Waals surface area contributed by atoms with Crippen molar-refractivity contribution in [3.05, 3.63) is 53.6 Å². The van der Waals surface area contributed by atoms with Gasteiger partial charge in [0.2, 0.25) is 26.0 Å². The minimum absolute atomic E-state index is 0.182. The summed E-state index contributed by atoms with van der Waals surface area (Å²) in [5.74, 6) is -0.488. The lowest BCUT2D eigenvalue weighted by Crippen LogP contribution is -2.41. The minimum atomic E-state index is -3.59. The number of carbonyl (C=O) groups is 1. The first-order valence-electron chi connectivity index (χ1n) is 11.6. The largest absolute Gasteiger partial charge is 0.326 e. The molecule has 1 N–H and O–H groups in total. The average Bonchev–Trinajstić information content (AvgIpc) is 3.37. The number of aryl methyl sites for hydroxylation is 2. The molecule has 0 spiro atoms. The number of nitrogens with one attached hydrogen (secondary N) is 1. The van der Waals surface area contributed by atoms with E-state index >= 15 is 0 Å². The Morgan fingerprint density at radius 3 is 1.88 bits per heavy atom. The van der Waals surface area contributed by atoms with Gasteiger partial charge in [0, 0.05) is 37.8 Å². The Hall–Kier alpha value is -2.27. The van der Waals surface area contributed by atoms with Crippen LogP contribution in [-0.4, -0.2) is 57.5 Å². The number of anilines is 1. The molecule has 2 aromatic carbocycles. The zero-order valence-corrected chi connectivity index (χ0v) is 21.2. The van der Waals surface area contributed by atoms with Gasteiger partial charge in [-0.05, 0) is 87.1 Å². The maximum atomic E-state index is 13.0. The van der Waals surface area contributed by atoms with Crippen molar-refractivity contribution in [1.29, 1.82) is 0 Å². The third kappa shape index (κ3) is 5.05. The van der Waals surface area contributed by atoms with E-state index < -0.39 is 20.0 Å². The van der Waals surface area contributed by atoms with Crippen LogP contribution in [0.1, 0.15) is 36.8 Å². The standard InChI is InChI=1S/C24H31N3O5S2/c1-18-5-8-23(17-19(18)2)34(31,32)27-15-11-20(12-16-27)24(28)25-21-6-9-22(10-7-21)33(29,30)26-13-3-4-14-26/h5-10,17,20H,3-4,11-16H2,1-2H3,(H,25,28). The van der Waals surface area contributed by atoms with Gasteiger partial charge < -0.3 is 5.32 Å². The van der Waals surface area contributed by atoms with Gasteiger partial charge in [-0.1, -0.05) is 6.07 Å². The molecule has 2 heterocycles. The molecule has 0 atom stereocenters. The fraction of sp³-hybridized carbons (Fsp3) is 0.458. The minimum Gasteiger partial charge on any atom is -0.326 e. The van der Waals surface area contributed by atoms with Crippen LogP contribution >= 0.6 is 0 Å². The van der Waals surface area contributed by atoms with Gasteiger partial charge in [-0.25, -0.2) is 16.8 Å². The molecule has 0 bridgehead atoms. The van der Waals surface area contributed by atoms with E-state index in [2.05, 4.69) is 5.32 Å². The van der Waals surface area contributed by atoms with Crippen LogP contribution in [0.3, 0.4) is 0 Å². The van der Waals surface area contributed by atoms with Gasteiger partial charge in [-0.3, -0.25) is 4.79 Å². The molecule has 0 aliphatic carbocycles. The molecule has 2 fully saturated rings. The first-order chi connectivity index (χ1) is 16.1. The van der Waals surface area contributed by atoms with E-state index in [4.69, 9.17) is 0 Å². The number of hydrogen-bond acceptors (Lipinski definition) is 5. The van der Waals surface area contributed by atoms with E-state index in [0.717, 1.165) is 24.0 Å². The van der Waals surface area contributed by atoms with Crippen LogP contribution in [0.25, 0.3) is 0 Å². The molecule has 2 aromatic rings. The molecule has 0 aromatic heterocycles. The number of amides is 1. The second-order valence-corrected chi connectivity index (χ2v) is 12.9. The molecule has 0 radical (unpaired) electrons. The Kier molecular flexibility index (Phi) is 7.14. The van der Waals surface area contributed by atoms with Gasteiger partial charge in [0.25, 0.3) is 0 Å². The number of rotatable bonds is 6. The van der Waals surface area contributed by atoms with E-state index in [1.165, 1.54) is 20.7 Å². The van der Waals surface area contributed by atoms with Crippen molar-refractivity contribution in [1.82, 2.24) is 8.61 Å². The summed E-state index contributed by atoms with van der Waals surface area (Å²) in [5.41, 5.74) is 2.49. The molecular formula is C24H31N3O5S2. The lowest BCUT2D eigenvalue weighted by atomic mass is 9.97. The molecule has 8 nitrogen and oxygen atoms in total. The Morgan fingerprint density at radius 2 is 1.29 bits per heavy atom. The van der Waals surface area contributed by atoms with Gasteiger partial charge in [0.05, 0.1) is 9.79 Å². The first kappa shape index (κ1) is 24.8. The lowest BCUT2D eigenvalue weighted by molar-refractivity contribution is -0.120. The van der Waals surface area contributed by atoms with E-state index in [-0.39, 0.29) is 34.7 Å². The zero-order valence-electron chi connectivity index (χ0n) is 19.5. The van der Waals surface area contributed by atoms with E-state index in [1.54, 1.807) is 24.3 Å². The number of piperidine rings is 1. The second kappa shape index (κ2) is 9.77. The quantitative estimate of drug-likeness (QED) is 0.650. The van der Waals surface area contributed by atoms with Crippen LogP contribution < -0.4 is 5.32 Å². The normalized spacial score (nSPS) is 18.8. The van der Waals surface area contributed by atoms with E-state index in [0.29, 0.717) is 31.6 Å². The summed E-state index contributed by atoms with van der Waals surface area (Å²) in [5, 5.41) is 2.84. The molecule has 2 aliphatic heterocycles. The summed E-state index contributed by atoms with van der Waals surface area (Å²) >= 11 is 0. The summed E-state index contributed by atoms with van der Waals surface area (Å²) in [7, 11) is -7.09. The summed E-state index contributed by atoms with van der Waals surface area (Å²) in [6, 6.07) is 11.4. The van der Waals surface area contributed by atoms with Crippen molar-refractivity contribution in [2.45, 2.75) is 49.3 Å². The highest BCUT2D eigenvalue weighted by molar-refractivity contribution is 7.89. The third-order valence-electron chi connectivity index (χ3n) is 6.77. The van der Waals surface area contributed by atoms with Crippen LogP contribution in [0.15, 0.2) is 52.3 Å². The van der Waals surface area contributed by atoms with Gasteiger partial charge >= 0.3 is 0 Å². The Balaban J connectivity index is 1.35. The second-order valence-electron chi connectivity index (χ2n) is 9.05. The maximum Gasteiger partial charge on any atom is 0.243 e. The predicted octanol–water partition coefficient (Wildman–Crippen LogP) is 3.13. The molecule has 10 heteroatoms. The lowest BCUT2D eigenvalue weighted by Gasteiger charge is -2.30. The highest BCUT2D eigenvalue weighted by Gasteiger charge is 2.32. The first-order valence-corrected chi connectivity index (χ1v) is 14.5. The zero-order chi connectivity index (χ0) is 24.5. The molecule has 0 unspecified atom stereocenters. The van der Waals surface area contributed by atoms with Crippen LogP contribution in [0, 0.1) is 19.8 Å². The van der Waals surface area contributed by atoms with Crippen LogP contribution in [0.2, 0.25) is 0 Å². The average molecular weight is 506 g/mol. The van der Waals surface area contributed by atoms with Crippen molar-refractivity contribution in [3.8, 4) is 0 Å². The number of carbonyl (C=O) groups excluding carboxylic acids is 1. The summed E-state index contributed by atoms with van der Waals surface area (Å²) < 4.78 is 54.2. The van der Waals surface area contributed by atoms with E-state index in [9.17, 15) is 21.6 Å². The molecule has 2 saturated heterocycles.